The van der Waals surface area contributed by atoms with Crippen LogP contribution in [0, 0.1) is 0 Å². The fourth-order valence-corrected chi connectivity index (χ4v) is 1.67. The number of nitrogens with zero attached hydrogens (tertiary/aromatic N) is 2. The average molecular weight is 300 g/mol. The van der Waals surface area contributed by atoms with Crippen molar-refractivity contribution in [1.82, 2.24) is 10.2 Å². The minimum absolute atomic E-state index is 0.0146. The van der Waals surface area contributed by atoms with E-state index in [1.165, 1.54) is 6.92 Å². The predicted octanol–water partition coefficient (Wildman–Crippen LogP) is 2.99. The molecule has 0 unspecified atom stereocenters. The lowest BCUT2D eigenvalue weighted by Gasteiger charge is -2.07. The quantitative estimate of drug-likeness (QED) is 0.824. The highest BCUT2D eigenvalue weighted by Gasteiger charge is 2.04. The molecule has 1 aromatic heterocycles. The van der Waals surface area contributed by atoms with Crippen molar-refractivity contribution in [3.05, 3.63) is 42.0 Å². The summed E-state index contributed by atoms with van der Waals surface area (Å²) in [6, 6.07) is 10.3. The summed E-state index contributed by atoms with van der Waals surface area (Å²) in [5.41, 5.74) is 1.43. The Kier molecular flexibility index (Phi) is 5.02. The Hall–Kier alpha value is -2.96. The van der Waals surface area contributed by atoms with E-state index in [2.05, 4.69) is 20.8 Å². The molecule has 0 aliphatic heterocycles. The highest BCUT2D eigenvalue weighted by molar-refractivity contribution is 5.94. The summed E-state index contributed by atoms with van der Waals surface area (Å²) in [5.74, 6) is 0.835. The van der Waals surface area contributed by atoms with Crippen LogP contribution in [0.5, 0.6) is 0 Å². The molecule has 1 aromatic carbocycles. The molecule has 22 heavy (non-hydrogen) atoms. The molecular formula is C15H16N4O3. The summed E-state index contributed by atoms with van der Waals surface area (Å²) in [7, 11) is 0. The van der Waals surface area contributed by atoms with Gasteiger partial charge in [-0.15, -0.1) is 10.2 Å². The molecule has 0 radical (unpaired) electrons. The number of nitrogens with one attached hydrogen (secondary N) is 2. The van der Waals surface area contributed by atoms with E-state index in [0.717, 1.165) is 5.69 Å². The van der Waals surface area contributed by atoms with Crippen molar-refractivity contribution in [3.63, 3.8) is 0 Å². The van der Waals surface area contributed by atoms with Gasteiger partial charge in [0.1, 0.15) is 0 Å². The van der Waals surface area contributed by atoms with Gasteiger partial charge in [-0.25, -0.2) is 4.79 Å². The van der Waals surface area contributed by atoms with E-state index in [0.29, 0.717) is 17.2 Å². The first-order valence-electron chi connectivity index (χ1n) is 6.74. The van der Waals surface area contributed by atoms with Gasteiger partial charge in [-0.05, 0) is 50.2 Å². The number of carbonyl (C=O) groups is 2. The van der Waals surface area contributed by atoms with Crippen molar-refractivity contribution >= 4 is 29.2 Å². The lowest BCUT2D eigenvalue weighted by molar-refractivity contribution is 0.101. The second kappa shape index (κ2) is 7.16. The van der Waals surface area contributed by atoms with Crippen molar-refractivity contribution in [1.29, 1.82) is 0 Å². The Balaban J connectivity index is 1.98. The monoisotopic (exact) mass is 300 g/mol. The first-order valence-corrected chi connectivity index (χ1v) is 6.74. The summed E-state index contributed by atoms with van der Waals surface area (Å²) >= 11 is 0. The van der Waals surface area contributed by atoms with E-state index >= 15 is 0 Å². The third-order valence-electron chi connectivity index (χ3n) is 2.73. The van der Waals surface area contributed by atoms with E-state index in [1.54, 1.807) is 43.3 Å². The Morgan fingerprint density at radius 3 is 2.23 bits per heavy atom. The molecule has 1 heterocycles. The van der Waals surface area contributed by atoms with Crippen LogP contribution >= 0.6 is 0 Å². The lowest BCUT2D eigenvalue weighted by Crippen LogP contribution is -2.14. The minimum atomic E-state index is -0.572. The van der Waals surface area contributed by atoms with Crippen LogP contribution in [0.15, 0.2) is 36.4 Å². The van der Waals surface area contributed by atoms with Gasteiger partial charge in [-0.3, -0.25) is 10.1 Å². The largest absolute Gasteiger partial charge is 0.450 e. The third-order valence-corrected chi connectivity index (χ3v) is 2.73. The summed E-state index contributed by atoms with van der Waals surface area (Å²) in [5, 5.41) is 13.3. The average Bonchev–Trinajstić information content (AvgIpc) is 2.50. The van der Waals surface area contributed by atoms with Gasteiger partial charge < -0.3 is 10.1 Å². The summed E-state index contributed by atoms with van der Waals surface area (Å²) in [6.07, 6.45) is -0.572. The van der Waals surface area contributed by atoms with Crippen LogP contribution in [0.4, 0.5) is 22.1 Å². The summed E-state index contributed by atoms with van der Waals surface area (Å²) in [4.78, 5) is 22.4. The Bertz CT molecular complexity index is 653. The van der Waals surface area contributed by atoms with Crippen LogP contribution in [0.25, 0.3) is 0 Å². The van der Waals surface area contributed by atoms with E-state index in [4.69, 9.17) is 4.74 Å². The van der Waals surface area contributed by atoms with Crippen molar-refractivity contribution in [2.24, 2.45) is 0 Å². The fraction of sp³-hybridized carbons (Fsp3) is 0.200. The van der Waals surface area contributed by atoms with Crippen LogP contribution in [-0.4, -0.2) is 28.7 Å². The zero-order chi connectivity index (χ0) is 15.9. The molecule has 0 fully saturated rings. The first kappa shape index (κ1) is 15.4. The molecule has 2 rings (SSSR count). The van der Waals surface area contributed by atoms with E-state index in [-0.39, 0.29) is 12.4 Å². The fourth-order valence-electron chi connectivity index (χ4n) is 1.67. The number of ether oxygens (including phenoxy) is 1. The maximum atomic E-state index is 11.2. The van der Waals surface area contributed by atoms with Crippen molar-refractivity contribution in [2.75, 3.05) is 17.2 Å². The van der Waals surface area contributed by atoms with Crippen LogP contribution in [0.2, 0.25) is 0 Å². The highest BCUT2D eigenvalue weighted by Crippen LogP contribution is 2.16. The lowest BCUT2D eigenvalue weighted by atomic mass is 10.1. The second-order valence-electron chi connectivity index (χ2n) is 4.41. The Morgan fingerprint density at radius 1 is 1.05 bits per heavy atom. The van der Waals surface area contributed by atoms with Crippen molar-refractivity contribution < 1.29 is 14.3 Å². The molecule has 1 amide bonds. The number of hydrogen-bond acceptors (Lipinski definition) is 6. The summed E-state index contributed by atoms with van der Waals surface area (Å²) in [6.45, 7) is 3.52. The molecular weight excluding hydrogens is 284 g/mol. The second-order valence-corrected chi connectivity index (χ2v) is 4.41. The molecule has 2 N–H and O–H groups in total. The van der Waals surface area contributed by atoms with Crippen LogP contribution < -0.4 is 10.6 Å². The number of rotatable bonds is 5. The normalized spacial score (nSPS) is 9.91. The SMILES string of the molecule is CCOC(=O)Nc1ccc(Nc2ccc(C(C)=O)cc2)nn1. The number of carbonyl (C=O) groups excluding carboxylic acids is 2. The van der Waals surface area contributed by atoms with Gasteiger partial charge in [0.25, 0.3) is 0 Å². The molecule has 0 aliphatic carbocycles. The number of hydrogen-bond donors (Lipinski definition) is 2. The molecule has 0 saturated carbocycles. The first-order chi connectivity index (χ1) is 10.6. The molecule has 0 bridgehead atoms. The van der Waals surface area contributed by atoms with Gasteiger partial charge in [0.05, 0.1) is 6.61 Å². The van der Waals surface area contributed by atoms with Gasteiger partial charge in [0, 0.05) is 11.3 Å². The van der Waals surface area contributed by atoms with Gasteiger partial charge in [-0.1, -0.05) is 0 Å². The number of amides is 1. The van der Waals surface area contributed by atoms with E-state index < -0.39 is 6.09 Å². The van der Waals surface area contributed by atoms with Crippen molar-refractivity contribution in [3.8, 4) is 0 Å². The third kappa shape index (κ3) is 4.27. The van der Waals surface area contributed by atoms with Crippen LogP contribution in [0.1, 0.15) is 24.2 Å². The van der Waals surface area contributed by atoms with Crippen LogP contribution in [0.3, 0.4) is 0 Å². The topological polar surface area (TPSA) is 93.2 Å². The van der Waals surface area contributed by atoms with Gasteiger partial charge in [0.15, 0.2) is 17.4 Å². The summed E-state index contributed by atoms with van der Waals surface area (Å²) < 4.78 is 4.74. The molecule has 0 aliphatic rings. The number of ketones is 1. The Morgan fingerprint density at radius 2 is 1.68 bits per heavy atom. The zero-order valence-corrected chi connectivity index (χ0v) is 12.3. The highest BCUT2D eigenvalue weighted by atomic mass is 16.5. The van der Waals surface area contributed by atoms with E-state index in [9.17, 15) is 9.59 Å². The molecule has 7 nitrogen and oxygen atoms in total. The molecule has 0 atom stereocenters. The van der Waals surface area contributed by atoms with Gasteiger partial charge >= 0.3 is 6.09 Å². The van der Waals surface area contributed by atoms with Crippen LogP contribution in [-0.2, 0) is 4.74 Å². The molecule has 0 saturated heterocycles. The number of anilines is 3. The number of benzene rings is 1. The number of aromatic nitrogens is 2. The maximum Gasteiger partial charge on any atom is 0.412 e. The molecule has 114 valence electrons. The molecule has 0 spiro atoms. The molecule has 7 heteroatoms. The maximum absolute atomic E-state index is 11.2. The van der Waals surface area contributed by atoms with E-state index in [1.807, 2.05) is 0 Å². The minimum Gasteiger partial charge on any atom is -0.450 e. The zero-order valence-electron chi connectivity index (χ0n) is 12.3. The predicted molar refractivity (Wildman–Crippen MR) is 82.4 cm³/mol. The van der Waals surface area contributed by atoms with Gasteiger partial charge in [-0.2, -0.15) is 0 Å². The Labute approximate surface area is 127 Å². The standard InChI is InChI=1S/C15H16N4O3/c1-3-22-15(21)17-14-9-8-13(18-19-14)16-12-6-4-11(5-7-12)10(2)20/h4-9H,3H2,1-2H3,(H,16,18)(H,17,19,21). The smallest absolute Gasteiger partial charge is 0.412 e. The van der Waals surface area contributed by atoms with Crippen molar-refractivity contribution in [2.45, 2.75) is 13.8 Å². The van der Waals surface area contributed by atoms with Gasteiger partial charge in [0.2, 0.25) is 0 Å². The molecule has 2 aromatic rings. The number of Topliss-reactive ketones (excluding diaryl/α,β-unsaturated/α-hetero) is 1.